The van der Waals surface area contributed by atoms with Crippen LogP contribution in [0.1, 0.15) is 22.8 Å². The zero-order valence-corrected chi connectivity index (χ0v) is 16.8. The molecule has 2 aromatic carbocycles. The van der Waals surface area contributed by atoms with Crippen LogP contribution in [0.4, 0.5) is 0 Å². The van der Waals surface area contributed by atoms with Crippen LogP contribution in [0, 0.1) is 0 Å². The van der Waals surface area contributed by atoms with Gasteiger partial charge in [0.2, 0.25) is 6.79 Å². The fraction of sp³-hybridized carbons (Fsp3) is 0.136. The molecular weight excluding hydrogens is 406 g/mol. The topological polar surface area (TPSA) is 94.4 Å². The summed E-state index contributed by atoms with van der Waals surface area (Å²) in [5.41, 5.74) is 0.978. The molecule has 1 amide bonds. The molecule has 0 spiro atoms. The molecule has 2 aliphatic heterocycles. The predicted molar refractivity (Wildman–Crippen MR) is 113 cm³/mol. The van der Waals surface area contributed by atoms with E-state index in [1.807, 2.05) is 0 Å². The second kappa shape index (κ2) is 8.46. The summed E-state index contributed by atoms with van der Waals surface area (Å²) in [7, 11) is 0. The minimum atomic E-state index is -0.740. The number of rotatable bonds is 4. The van der Waals surface area contributed by atoms with E-state index in [1.54, 1.807) is 61.5 Å². The van der Waals surface area contributed by atoms with Crippen LogP contribution in [0.5, 0.6) is 11.5 Å². The third-order valence-corrected chi connectivity index (χ3v) is 5.31. The molecule has 0 saturated heterocycles. The van der Waals surface area contributed by atoms with E-state index in [-0.39, 0.29) is 29.8 Å². The van der Waals surface area contributed by atoms with Crippen molar-refractivity contribution in [3.63, 3.8) is 0 Å². The van der Waals surface area contributed by atoms with Gasteiger partial charge in [0.05, 0.1) is 11.5 Å². The number of ether oxygens (including phenoxy) is 3. The molecule has 4 rings (SSSR count). The molecule has 7 nitrogen and oxygen atoms in total. The largest absolute Gasteiger partial charge is 0.506 e. The maximum Gasteiger partial charge on any atom is 0.344 e. The molecule has 0 aromatic heterocycles. The fourth-order valence-corrected chi connectivity index (χ4v) is 3.90. The van der Waals surface area contributed by atoms with Crippen molar-refractivity contribution in [2.45, 2.75) is 6.92 Å². The third-order valence-electron chi connectivity index (χ3n) is 4.29. The van der Waals surface area contributed by atoms with Crippen molar-refractivity contribution in [1.29, 1.82) is 0 Å². The predicted octanol–water partition coefficient (Wildman–Crippen LogP) is 4.12. The van der Waals surface area contributed by atoms with Crippen molar-refractivity contribution in [2.24, 2.45) is 4.99 Å². The lowest BCUT2D eigenvalue weighted by Crippen LogP contribution is -2.14. The minimum Gasteiger partial charge on any atom is -0.506 e. The summed E-state index contributed by atoms with van der Waals surface area (Å²) >= 11 is 1.03. The van der Waals surface area contributed by atoms with Crippen LogP contribution in [-0.4, -0.2) is 35.4 Å². The Labute approximate surface area is 176 Å². The quantitative estimate of drug-likeness (QED) is 0.739. The average Bonchev–Trinajstić information content (AvgIpc) is 3.33. The normalized spacial score (nSPS) is 17.6. The number of aliphatic hydroxyl groups is 1. The molecule has 0 fully saturated rings. The zero-order valence-electron chi connectivity index (χ0n) is 16.0. The summed E-state index contributed by atoms with van der Waals surface area (Å²) in [6.45, 7) is 1.94. The molecule has 2 aromatic rings. The summed E-state index contributed by atoms with van der Waals surface area (Å²) in [6.07, 6.45) is 1.68. The second-order valence-corrected chi connectivity index (χ2v) is 7.29. The van der Waals surface area contributed by atoms with E-state index in [0.717, 1.165) is 17.3 Å². The summed E-state index contributed by atoms with van der Waals surface area (Å²) in [4.78, 5) is 29.4. The summed E-state index contributed by atoms with van der Waals surface area (Å²) in [5.74, 6) is -0.308. The van der Waals surface area contributed by atoms with Gasteiger partial charge in [-0.3, -0.25) is 4.79 Å². The molecule has 152 valence electrons. The first kappa shape index (κ1) is 19.8. The van der Waals surface area contributed by atoms with E-state index < -0.39 is 11.9 Å². The number of fused-ring (bicyclic) bond motifs is 1. The molecule has 0 saturated carbocycles. The monoisotopic (exact) mass is 423 g/mol. The van der Waals surface area contributed by atoms with Gasteiger partial charge in [0.25, 0.3) is 5.91 Å². The van der Waals surface area contributed by atoms with Crippen molar-refractivity contribution in [3.8, 4) is 11.5 Å². The Kier molecular flexibility index (Phi) is 5.58. The van der Waals surface area contributed by atoms with Crippen molar-refractivity contribution in [3.05, 3.63) is 75.9 Å². The highest BCUT2D eigenvalue weighted by atomic mass is 32.2. The van der Waals surface area contributed by atoms with Crippen LogP contribution in [0.15, 0.2) is 69.8 Å². The first-order valence-electron chi connectivity index (χ1n) is 9.15. The highest BCUT2D eigenvalue weighted by Crippen LogP contribution is 2.40. The molecule has 0 bridgehead atoms. The number of amides is 1. The number of hydrogen-bond donors (Lipinski definition) is 1. The number of aliphatic hydroxyl groups excluding tert-OH is 1. The molecule has 0 aliphatic carbocycles. The van der Waals surface area contributed by atoms with Gasteiger partial charge >= 0.3 is 5.97 Å². The molecule has 0 radical (unpaired) electrons. The molecule has 1 N–H and O–H groups in total. The molecule has 8 heteroatoms. The maximum absolute atomic E-state index is 12.5. The number of benzene rings is 2. The number of carbonyl (C=O) groups excluding carboxylic acids is 2. The molecule has 2 heterocycles. The van der Waals surface area contributed by atoms with E-state index in [0.29, 0.717) is 22.0 Å². The molecule has 30 heavy (non-hydrogen) atoms. The standard InChI is InChI=1S/C22H17NO6S/c1-2-27-22(26)18-19(24)17(11-13-8-9-15-16(10-13)29-12-28-15)30-21(18)23-20(25)14-6-4-3-5-7-14/h3-11,24H,2,12H2,1H3/b17-11-,23-21?. The summed E-state index contributed by atoms with van der Waals surface area (Å²) in [5, 5.41) is 10.8. The number of hydrogen-bond acceptors (Lipinski definition) is 7. The average molecular weight is 423 g/mol. The van der Waals surface area contributed by atoms with E-state index >= 15 is 0 Å². The Balaban J connectivity index is 1.70. The highest BCUT2D eigenvalue weighted by Gasteiger charge is 2.34. The Morgan fingerprint density at radius 1 is 1.17 bits per heavy atom. The number of nitrogens with zero attached hydrogens (tertiary/aromatic N) is 1. The number of thioether (sulfide) groups is 1. The van der Waals surface area contributed by atoms with Gasteiger partial charge in [-0.25, -0.2) is 9.79 Å². The van der Waals surface area contributed by atoms with Gasteiger partial charge in [-0.1, -0.05) is 36.0 Å². The van der Waals surface area contributed by atoms with Crippen LogP contribution < -0.4 is 9.47 Å². The van der Waals surface area contributed by atoms with E-state index in [9.17, 15) is 14.7 Å². The van der Waals surface area contributed by atoms with Gasteiger partial charge in [-0.2, -0.15) is 0 Å². The van der Waals surface area contributed by atoms with Crippen LogP contribution in [0.2, 0.25) is 0 Å². The van der Waals surface area contributed by atoms with Crippen molar-refractivity contribution in [1.82, 2.24) is 0 Å². The number of aliphatic imine (C=N–C) groups is 1. The fourth-order valence-electron chi connectivity index (χ4n) is 2.88. The van der Waals surface area contributed by atoms with Crippen LogP contribution in [0.3, 0.4) is 0 Å². The molecule has 0 atom stereocenters. The lowest BCUT2D eigenvalue weighted by Gasteiger charge is -2.03. The molecule has 0 unspecified atom stereocenters. The lowest BCUT2D eigenvalue weighted by atomic mass is 10.1. The maximum atomic E-state index is 12.5. The highest BCUT2D eigenvalue weighted by molar-refractivity contribution is 8.18. The Bertz CT molecular complexity index is 1100. The van der Waals surface area contributed by atoms with Crippen molar-refractivity contribution in [2.75, 3.05) is 13.4 Å². The van der Waals surface area contributed by atoms with Gasteiger partial charge < -0.3 is 19.3 Å². The lowest BCUT2D eigenvalue weighted by molar-refractivity contribution is -0.138. The minimum absolute atomic E-state index is 0.0896. The first-order chi connectivity index (χ1) is 14.6. The van der Waals surface area contributed by atoms with Crippen LogP contribution in [-0.2, 0) is 9.53 Å². The SMILES string of the molecule is CCOC(=O)C1=C(O)/C(=C/c2ccc3c(c2)OCO3)SC1=NC(=O)c1ccccc1. The van der Waals surface area contributed by atoms with Gasteiger partial charge in [-0.15, -0.1) is 0 Å². The van der Waals surface area contributed by atoms with Gasteiger partial charge in [0.15, 0.2) is 11.5 Å². The third kappa shape index (κ3) is 3.95. The van der Waals surface area contributed by atoms with Crippen LogP contribution >= 0.6 is 11.8 Å². The molecular formula is C22H17NO6S. The number of esters is 1. The second-order valence-electron chi connectivity index (χ2n) is 6.26. The number of carbonyl (C=O) groups is 2. The molecule has 2 aliphatic rings. The summed E-state index contributed by atoms with van der Waals surface area (Å²) in [6, 6.07) is 13.8. The van der Waals surface area contributed by atoms with E-state index in [4.69, 9.17) is 14.2 Å². The smallest absolute Gasteiger partial charge is 0.344 e. The van der Waals surface area contributed by atoms with Crippen molar-refractivity contribution >= 4 is 34.8 Å². The van der Waals surface area contributed by atoms with Gasteiger partial charge in [0, 0.05) is 5.56 Å². The Morgan fingerprint density at radius 2 is 1.93 bits per heavy atom. The Morgan fingerprint density at radius 3 is 2.70 bits per heavy atom. The van der Waals surface area contributed by atoms with Gasteiger partial charge in [0.1, 0.15) is 16.4 Å². The van der Waals surface area contributed by atoms with E-state index in [2.05, 4.69) is 4.99 Å². The zero-order chi connectivity index (χ0) is 21.1. The van der Waals surface area contributed by atoms with Crippen molar-refractivity contribution < 1.29 is 28.9 Å². The van der Waals surface area contributed by atoms with Crippen LogP contribution in [0.25, 0.3) is 6.08 Å². The summed E-state index contributed by atoms with van der Waals surface area (Å²) < 4.78 is 15.7. The first-order valence-corrected chi connectivity index (χ1v) is 9.97. The Hall–Kier alpha value is -3.52. The van der Waals surface area contributed by atoms with Gasteiger partial charge in [-0.05, 0) is 42.8 Å². The van der Waals surface area contributed by atoms with E-state index in [1.165, 1.54) is 0 Å².